The highest BCUT2D eigenvalue weighted by atomic mass is 32.2. The summed E-state index contributed by atoms with van der Waals surface area (Å²) in [5.74, 6) is 0.0151. The lowest BCUT2D eigenvalue weighted by atomic mass is 9.88. The molecule has 11 heteroatoms. The van der Waals surface area contributed by atoms with E-state index in [0.29, 0.717) is 39.3 Å². The minimum absolute atomic E-state index is 0.0151. The second kappa shape index (κ2) is 13.3. The Bertz CT molecular complexity index is 1310. The number of anilines is 1. The maximum Gasteiger partial charge on any atom is 0.501 e. The van der Waals surface area contributed by atoms with Crippen LogP contribution >= 0.6 is 0 Å². The van der Waals surface area contributed by atoms with E-state index >= 15 is 0 Å². The van der Waals surface area contributed by atoms with E-state index in [4.69, 9.17) is 4.74 Å². The number of carbonyl (C=O) groups excluding carboxylic acids is 1. The van der Waals surface area contributed by atoms with Gasteiger partial charge < -0.3 is 15.0 Å². The molecule has 1 fully saturated rings. The van der Waals surface area contributed by atoms with Crippen molar-refractivity contribution in [1.29, 1.82) is 0 Å². The molecule has 0 bridgehead atoms. The number of rotatable bonds is 10. The first kappa shape index (κ1) is 29.6. The van der Waals surface area contributed by atoms with Crippen LogP contribution in [0.15, 0.2) is 89.8 Å². The second-order valence-electron chi connectivity index (χ2n) is 9.51. The van der Waals surface area contributed by atoms with Crippen LogP contribution in [0.3, 0.4) is 0 Å². The van der Waals surface area contributed by atoms with Gasteiger partial charge in [0.25, 0.3) is 9.84 Å². The number of nitrogens with one attached hydrogen (secondary N) is 1. The highest BCUT2D eigenvalue weighted by Crippen LogP contribution is 2.32. The first-order chi connectivity index (χ1) is 19.1. The molecule has 3 aromatic carbocycles. The van der Waals surface area contributed by atoms with Crippen LogP contribution in [0.5, 0.6) is 0 Å². The van der Waals surface area contributed by atoms with Crippen LogP contribution in [0.1, 0.15) is 23.5 Å². The molecule has 214 valence electrons. The largest absolute Gasteiger partial charge is 0.501 e. The number of nitrogens with zero attached hydrogens (tertiary/aromatic N) is 2. The molecule has 1 heterocycles. The predicted octanol–water partition coefficient (Wildman–Crippen LogP) is 5.37. The van der Waals surface area contributed by atoms with Crippen LogP contribution < -0.4 is 5.32 Å². The van der Waals surface area contributed by atoms with Gasteiger partial charge in [-0.25, -0.2) is 13.2 Å². The van der Waals surface area contributed by atoms with E-state index in [2.05, 4.69) is 10.2 Å². The third-order valence-electron chi connectivity index (χ3n) is 6.87. The van der Waals surface area contributed by atoms with Crippen LogP contribution in [0.4, 0.5) is 23.7 Å². The Labute approximate surface area is 232 Å². The lowest BCUT2D eigenvalue weighted by Crippen LogP contribution is -2.44. The summed E-state index contributed by atoms with van der Waals surface area (Å²) in [6.45, 7) is 4.04. The molecule has 1 aliphatic heterocycles. The molecule has 1 saturated heterocycles. The number of morpholine rings is 1. The smallest absolute Gasteiger partial charge is 0.379 e. The number of ether oxygens (including phenoxy) is 1. The number of halogens is 3. The summed E-state index contributed by atoms with van der Waals surface area (Å²) >= 11 is 0. The van der Waals surface area contributed by atoms with Crippen molar-refractivity contribution in [1.82, 2.24) is 9.80 Å². The van der Waals surface area contributed by atoms with Crippen LogP contribution in [0, 0.1) is 0 Å². The lowest BCUT2D eigenvalue weighted by molar-refractivity contribution is -0.0436. The van der Waals surface area contributed by atoms with Gasteiger partial charge in [0.2, 0.25) is 0 Å². The number of urea groups is 1. The van der Waals surface area contributed by atoms with E-state index in [1.807, 2.05) is 60.7 Å². The van der Waals surface area contributed by atoms with Crippen molar-refractivity contribution in [2.45, 2.75) is 22.7 Å². The molecule has 0 spiro atoms. The number of benzene rings is 3. The number of hydrogen-bond acceptors (Lipinski definition) is 5. The second-order valence-corrected chi connectivity index (χ2v) is 11.5. The quantitative estimate of drug-likeness (QED) is 0.352. The monoisotopic (exact) mass is 575 g/mol. The molecule has 4 rings (SSSR count). The van der Waals surface area contributed by atoms with Gasteiger partial charge in [-0.15, -0.1) is 0 Å². The minimum atomic E-state index is -5.55. The number of alkyl halides is 3. The van der Waals surface area contributed by atoms with Crippen molar-refractivity contribution in [3.05, 3.63) is 96.1 Å². The molecule has 0 aromatic heterocycles. The van der Waals surface area contributed by atoms with Gasteiger partial charge in [-0.3, -0.25) is 4.90 Å². The standard InChI is InChI=1S/C29H32F3N3O4S/c30-29(31,32)40(37,38)26-13-7-12-25(22-26)33-28(36)35(17-16-34-18-20-39-21-19-34)15-14-27(23-8-3-1-4-9-23)24-10-5-2-6-11-24/h1-13,22,27H,14-21H2,(H,33,36). The third-order valence-corrected chi connectivity index (χ3v) is 8.35. The van der Waals surface area contributed by atoms with Crippen molar-refractivity contribution in [2.75, 3.05) is 51.3 Å². The predicted molar refractivity (Wildman–Crippen MR) is 147 cm³/mol. The highest BCUT2D eigenvalue weighted by Gasteiger charge is 2.46. The zero-order valence-electron chi connectivity index (χ0n) is 21.9. The Morgan fingerprint density at radius 1 is 0.900 bits per heavy atom. The maximum absolute atomic E-state index is 13.4. The topological polar surface area (TPSA) is 79.0 Å². The van der Waals surface area contributed by atoms with E-state index in [9.17, 15) is 26.4 Å². The number of hydrogen-bond donors (Lipinski definition) is 1. The molecule has 0 radical (unpaired) electrons. The fourth-order valence-corrected chi connectivity index (χ4v) is 5.47. The molecule has 40 heavy (non-hydrogen) atoms. The van der Waals surface area contributed by atoms with Crippen molar-refractivity contribution in [3.63, 3.8) is 0 Å². The molecule has 0 saturated carbocycles. The van der Waals surface area contributed by atoms with Crippen molar-refractivity contribution in [2.24, 2.45) is 0 Å². The van der Waals surface area contributed by atoms with Crippen LogP contribution in [-0.2, 0) is 14.6 Å². The Hall–Kier alpha value is -3.41. The Balaban J connectivity index is 1.53. The zero-order valence-corrected chi connectivity index (χ0v) is 22.7. The van der Waals surface area contributed by atoms with E-state index in [1.165, 1.54) is 12.1 Å². The van der Waals surface area contributed by atoms with Crippen molar-refractivity contribution < 1.29 is 31.1 Å². The molecule has 7 nitrogen and oxygen atoms in total. The summed E-state index contributed by atoms with van der Waals surface area (Å²) < 4.78 is 68.4. The first-order valence-corrected chi connectivity index (χ1v) is 14.5. The Morgan fingerprint density at radius 2 is 1.50 bits per heavy atom. The van der Waals surface area contributed by atoms with Gasteiger partial charge >= 0.3 is 11.5 Å². The molecular weight excluding hydrogens is 543 g/mol. The van der Waals surface area contributed by atoms with Crippen LogP contribution in [-0.4, -0.2) is 75.7 Å². The van der Waals surface area contributed by atoms with Gasteiger partial charge in [-0.1, -0.05) is 66.7 Å². The maximum atomic E-state index is 13.4. The van der Waals surface area contributed by atoms with Gasteiger partial charge in [0.15, 0.2) is 0 Å². The Morgan fingerprint density at radius 3 is 2.08 bits per heavy atom. The molecule has 3 aromatic rings. The number of amides is 2. The molecule has 1 N–H and O–H groups in total. The average Bonchev–Trinajstić information content (AvgIpc) is 2.96. The summed E-state index contributed by atoms with van der Waals surface area (Å²) in [6, 6.07) is 23.7. The fraction of sp³-hybridized carbons (Fsp3) is 0.345. The first-order valence-electron chi connectivity index (χ1n) is 13.0. The van der Waals surface area contributed by atoms with E-state index in [0.717, 1.165) is 36.3 Å². The SMILES string of the molecule is O=C(Nc1cccc(S(=O)(=O)C(F)(F)F)c1)N(CCC(c1ccccc1)c1ccccc1)CCN1CCOCC1. The molecule has 0 atom stereocenters. The average molecular weight is 576 g/mol. The van der Waals surface area contributed by atoms with Crippen LogP contribution in [0.2, 0.25) is 0 Å². The lowest BCUT2D eigenvalue weighted by Gasteiger charge is -2.31. The molecule has 1 aliphatic rings. The fourth-order valence-electron chi connectivity index (χ4n) is 4.66. The van der Waals surface area contributed by atoms with E-state index < -0.39 is 26.3 Å². The van der Waals surface area contributed by atoms with Crippen molar-refractivity contribution >= 4 is 21.6 Å². The third kappa shape index (κ3) is 7.61. The Kier molecular flexibility index (Phi) is 9.83. The van der Waals surface area contributed by atoms with E-state index in [1.54, 1.807) is 4.90 Å². The summed E-state index contributed by atoms with van der Waals surface area (Å²) in [5, 5.41) is 2.61. The van der Waals surface area contributed by atoms with Crippen molar-refractivity contribution in [3.8, 4) is 0 Å². The van der Waals surface area contributed by atoms with Gasteiger partial charge in [0, 0.05) is 44.3 Å². The minimum Gasteiger partial charge on any atom is -0.379 e. The summed E-state index contributed by atoms with van der Waals surface area (Å²) in [7, 11) is -5.55. The van der Waals surface area contributed by atoms with Crippen LogP contribution in [0.25, 0.3) is 0 Å². The highest BCUT2D eigenvalue weighted by molar-refractivity contribution is 7.92. The molecule has 2 amide bonds. The number of carbonyl (C=O) groups is 1. The summed E-state index contributed by atoms with van der Waals surface area (Å²) in [6.07, 6.45) is 0.604. The molecule has 0 aliphatic carbocycles. The van der Waals surface area contributed by atoms with Gasteiger partial charge in [-0.2, -0.15) is 13.2 Å². The van der Waals surface area contributed by atoms with Gasteiger partial charge in [-0.05, 0) is 35.7 Å². The number of sulfone groups is 1. The zero-order chi connectivity index (χ0) is 28.6. The van der Waals surface area contributed by atoms with Gasteiger partial charge in [0.1, 0.15) is 0 Å². The summed E-state index contributed by atoms with van der Waals surface area (Å²) in [5.41, 5.74) is -3.27. The summed E-state index contributed by atoms with van der Waals surface area (Å²) in [4.78, 5) is 16.3. The normalized spacial score (nSPS) is 14.7. The van der Waals surface area contributed by atoms with Gasteiger partial charge in [0.05, 0.1) is 18.1 Å². The molecular formula is C29H32F3N3O4S. The van der Waals surface area contributed by atoms with E-state index in [-0.39, 0.29) is 11.6 Å². The molecule has 0 unspecified atom stereocenters.